The fourth-order valence-corrected chi connectivity index (χ4v) is 1.06. The highest BCUT2D eigenvalue weighted by Gasteiger charge is 1.95. The van der Waals surface area contributed by atoms with Crippen molar-refractivity contribution in [1.29, 1.82) is 5.26 Å². The summed E-state index contributed by atoms with van der Waals surface area (Å²) in [5.41, 5.74) is 1.62. The zero-order valence-electron chi connectivity index (χ0n) is 6.75. The molecule has 0 saturated carbocycles. The maximum Gasteiger partial charge on any atom is 0.280 e. The number of carbonyl (C=O) groups excluding carboxylic acids is 1. The van der Waals surface area contributed by atoms with E-state index >= 15 is 0 Å². The lowest BCUT2D eigenvalue weighted by Gasteiger charge is -2.00. The van der Waals surface area contributed by atoms with Crippen LogP contribution >= 0.6 is 22.6 Å². The van der Waals surface area contributed by atoms with Gasteiger partial charge in [-0.2, -0.15) is 5.26 Å². The van der Waals surface area contributed by atoms with Crippen molar-refractivity contribution in [3.63, 3.8) is 0 Å². The van der Waals surface area contributed by atoms with Crippen molar-refractivity contribution in [2.24, 2.45) is 0 Å². The van der Waals surface area contributed by atoms with Crippen molar-refractivity contribution in [2.75, 3.05) is 0 Å². The molecule has 1 N–H and O–H groups in total. The van der Waals surface area contributed by atoms with E-state index in [-0.39, 0.29) is 3.91 Å². The van der Waals surface area contributed by atoms with E-state index in [0.29, 0.717) is 12.1 Å². The molecule has 0 aliphatic rings. The van der Waals surface area contributed by atoms with Gasteiger partial charge in [-0.05, 0) is 17.7 Å². The molecular formula is C9H7IN2O. The molecule has 66 valence electrons. The lowest BCUT2D eigenvalue weighted by Crippen LogP contribution is -2.14. The van der Waals surface area contributed by atoms with Gasteiger partial charge in [0, 0.05) is 29.1 Å². The lowest BCUT2D eigenvalue weighted by molar-refractivity contribution is 0.262. The van der Waals surface area contributed by atoms with Crippen LogP contribution in [0, 0.1) is 11.3 Å². The highest BCUT2D eigenvalue weighted by molar-refractivity contribution is 14.1. The van der Waals surface area contributed by atoms with Gasteiger partial charge >= 0.3 is 0 Å². The van der Waals surface area contributed by atoms with Gasteiger partial charge in [-0.25, -0.2) is 0 Å². The number of halogens is 1. The Labute approximate surface area is 89.9 Å². The number of benzene rings is 1. The third-order valence-corrected chi connectivity index (χ3v) is 1.90. The predicted octanol–water partition coefficient (Wildman–Crippen LogP) is 2.20. The summed E-state index contributed by atoms with van der Waals surface area (Å²) in [5, 5.41) is 11.2. The highest BCUT2D eigenvalue weighted by atomic mass is 127. The second-order valence-corrected chi connectivity index (χ2v) is 3.42. The van der Waals surface area contributed by atoms with Gasteiger partial charge in [0.1, 0.15) is 0 Å². The SMILES string of the molecule is N#Cc1ccc(CNC(=O)I)cc1. The molecule has 4 heteroatoms. The number of hydrogen-bond acceptors (Lipinski definition) is 2. The minimum atomic E-state index is -0.0815. The van der Waals surface area contributed by atoms with Gasteiger partial charge in [0.15, 0.2) is 0 Å². The molecule has 0 aliphatic carbocycles. The summed E-state index contributed by atoms with van der Waals surface area (Å²) >= 11 is 1.68. The largest absolute Gasteiger partial charge is 0.343 e. The third-order valence-electron chi connectivity index (χ3n) is 1.51. The standard InChI is InChI=1S/C9H7IN2O/c10-9(13)12-6-8-3-1-7(5-11)2-4-8/h1-4H,6H2,(H,12,13). The second-order valence-electron chi connectivity index (χ2n) is 2.44. The zero-order chi connectivity index (χ0) is 9.68. The monoisotopic (exact) mass is 286 g/mol. The first kappa shape index (κ1) is 9.99. The molecule has 0 saturated heterocycles. The number of hydrogen-bond donors (Lipinski definition) is 1. The Morgan fingerprint density at radius 2 is 2.08 bits per heavy atom. The highest BCUT2D eigenvalue weighted by Crippen LogP contribution is 2.03. The van der Waals surface area contributed by atoms with Gasteiger partial charge in [0.2, 0.25) is 0 Å². The van der Waals surface area contributed by atoms with Crippen LogP contribution in [0.15, 0.2) is 24.3 Å². The lowest BCUT2D eigenvalue weighted by atomic mass is 10.1. The summed E-state index contributed by atoms with van der Waals surface area (Å²) < 4.78 is -0.0815. The first-order valence-electron chi connectivity index (χ1n) is 3.65. The van der Waals surface area contributed by atoms with Crippen LogP contribution in [0.2, 0.25) is 0 Å². The van der Waals surface area contributed by atoms with E-state index in [1.54, 1.807) is 34.7 Å². The Balaban J connectivity index is 2.60. The molecule has 3 nitrogen and oxygen atoms in total. The molecule has 1 rings (SSSR count). The molecular weight excluding hydrogens is 279 g/mol. The smallest absolute Gasteiger partial charge is 0.280 e. The van der Waals surface area contributed by atoms with Gasteiger partial charge in [-0.15, -0.1) is 0 Å². The van der Waals surface area contributed by atoms with Crippen molar-refractivity contribution in [1.82, 2.24) is 5.32 Å². The van der Waals surface area contributed by atoms with E-state index in [1.165, 1.54) is 0 Å². The van der Waals surface area contributed by atoms with Crippen LogP contribution in [0.4, 0.5) is 4.79 Å². The summed E-state index contributed by atoms with van der Waals surface area (Å²) in [6.45, 7) is 0.507. The first-order valence-corrected chi connectivity index (χ1v) is 4.72. The minimum absolute atomic E-state index is 0.0815. The summed E-state index contributed by atoms with van der Waals surface area (Å²) in [5.74, 6) is 0. The quantitative estimate of drug-likeness (QED) is 0.515. The summed E-state index contributed by atoms with van der Waals surface area (Å²) in [6.07, 6.45) is 0. The molecule has 0 unspecified atom stereocenters. The van der Waals surface area contributed by atoms with Gasteiger partial charge in [-0.1, -0.05) is 12.1 Å². The van der Waals surface area contributed by atoms with Gasteiger partial charge in [-0.3, -0.25) is 4.79 Å². The molecule has 0 atom stereocenters. The molecule has 0 heterocycles. The number of nitrogens with zero attached hydrogens (tertiary/aromatic N) is 1. The summed E-state index contributed by atoms with van der Waals surface area (Å²) in [4.78, 5) is 10.6. The van der Waals surface area contributed by atoms with E-state index in [1.807, 2.05) is 18.2 Å². The molecule has 0 fully saturated rings. The van der Waals surface area contributed by atoms with E-state index in [4.69, 9.17) is 5.26 Å². The van der Waals surface area contributed by atoms with Gasteiger partial charge in [0.25, 0.3) is 3.91 Å². The Hall–Kier alpha value is -1.09. The molecule has 0 spiro atoms. The van der Waals surface area contributed by atoms with Gasteiger partial charge < -0.3 is 5.32 Å². The minimum Gasteiger partial charge on any atom is -0.343 e. The third kappa shape index (κ3) is 3.42. The number of rotatable bonds is 2. The summed E-state index contributed by atoms with van der Waals surface area (Å²) in [7, 11) is 0. The van der Waals surface area contributed by atoms with Crippen molar-refractivity contribution < 1.29 is 4.79 Å². The van der Waals surface area contributed by atoms with Crippen LogP contribution in [-0.2, 0) is 6.54 Å². The van der Waals surface area contributed by atoms with E-state index in [0.717, 1.165) is 5.56 Å². The molecule has 0 aliphatic heterocycles. The number of carbonyl (C=O) groups is 1. The molecule has 0 bridgehead atoms. The number of amides is 1. The normalized spacial score (nSPS) is 8.92. The average molecular weight is 286 g/mol. The second kappa shape index (κ2) is 4.82. The average Bonchev–Trinajstić information content (AvgIpc) is 2.15. The van der Waals surface area contributed by atoms with Crippen molar-refractivity contribution in [3.05, 3.63) is 35.4 Å². The molecule has 0 aromatic heterocycles. The Kier molecular flexibility index (Phi) is 3.71. The Morgan fingerprint density at radius 1 is 1.46 bits per heavy atom. The van der Waals surface area contributed by atoms with Gasteiger partial charge in [0.05, 0.1) is 11.6 Å². The number of nitriles is 1. The van der Waals surface area contributed by atoms with Crippen LogP contribution in [-0.4, -0.2) is 3.91 Å². The van der Waals surface area contributed by atoms with Crippen LogP contribution in [0.1, 0.15) is 11.1 Å². The van der Waals surface area contributed by atoms with Crippen molar-refractivity contribution in [2.45, 2.75) is 6.54 Å². The zero-order valence-corrected chi connectivity index (χ0v) is 8.91. The number of nitrogens with one attached hydrogen (secondary N) is 1. The van der Waals surface area contributed by atoms with E-state index < -0.39 is 0 Å². The fraction of sp³-hybridized carbons (Fsp3) is 0.111. The molecule has 1 aromatic carbocycles. The molecule has 1 aromatic rings. The Morgan fingerprint density at radius 3 is 2.54 bits per heavy atom. The molecule has 0 radical (unpaired) electrons. The summed E-state index contributed by atoms with van der Waals surface area (Å²) in [6, 6.07) is 9.14. The van der Waals surface area contributed by atoms with Crippen LogP contribution in [0.3, 0.4) is 0 Å². The van der Waals surface area contributed by atoms with Crippen LogP contribution in [0.25, 0.3) is 0 Å². The van der Waals surface area contributed by atoms with Crippen LogP contribution < -0.4 is 5.32 Å². The first-order chi connectivity index (χ1) is 6.22. The van der Waals surface area contributed by atoms with Crippen molar-refractivity contribution in [3.8, 4) is 6.07 Å². The molecule has 13 heavy (non-hydrogen) atoms. The topological polar surface area (TPSA) is 52.9 Å². The maximum atomic E-state index is 10.6. The van der Waals surface area contributed by atoms with E-state index in [9.17, 15) is 4.79 Å². The van der Waals surface area contributed by atoms with E-state index in [2.05, 4.69) is 5.32 Å². The molecule has 1 amide bonds. The Bertz CT molecular complexity index is 340. The maximum absolute atomic E-state index is 10.6. The fourth-order valence-electron chi connectivity index (χ4n) is 0.869. The predicted molar refractivity (Wildman–Crippen MR) is 57.4 cm³/mol. The van der Waals surface area contributed by atoms with Crippen LogP contribution in [0.5, 0.6) is 0 Å². The van der Waals surface area contributed by atoms with Crippen molar-refractivity contribution >= 4 is 26.5 Å².